The zero-order chi connectivity index (χ0) is 28.1. The van der Waals surface area contributed by atoms with E-state index in [0.29, 0.717) is 5.56 Å². The standard InChI is InChI=1S/C36H34N2O2/c1-35(2)27-9-5-7-11-29(27)37-31(35)21-19-24-13-14-25(33(24)23-15-17-26(18-16-23)34(39)40)20-22-32-36(3,4)28-10-6-8-12-30(28)38-32/h5-12,15-22,37H,13-14H2,1-4H3,(H,39,40)/b22-20+,24-19+,31-21+. The van der Waals surface area contributed by atoms with E-state index in [2.05, 4.69) is 99.8 Å². The molecule has 6 rings (SSSR count). The highest BCUT2D eigenvalue weighted by atomic mass is 16.4. The largest absolute Gasteiger partial charge is 0.478 e. The summed E-state index contributed by atoms with van der Waals surface area (Å²) in [7, 11) is 0. The predicted octanol–water partition coefficient (Wildman–Crippen LogP) is 8.77. The van der Waals surface area contributed by atoms with Crippen molar-refractivity contribution in [1.82, 2.24) is 0 Å². The maximum atomic E-state index is 11.5. The second kappa shape index (κ2) is 9.63. The molecule has 0 radical (unpaired) electrons. The number of nitrogens with one attached hydrogen (secondary N) is 1. The zero-order valence-corrected chi connectivity index (χ0v) is 23.5. The van der Waals surface area contributed by atoms with Gasteiger partial charge < -0.3 is 10.4 Å². The fourth-order valence-electron chi connectivity index (χ4n) is 6.16. The fraction of sp³-hybridized carbons (Fsp3) is 0.222. The maximum absolute atomic E-state index is 11.5. The van der Waals surface area contributed by atoms with Crippen LogP contribution in [0, 0.1) is 0 Å². The third-order valence-corrected chi connectivity index (χ3v) is 8.62. The van der Waals surface area contributed by atoms with Crippen molar-refractivity contribution in [2.24, 2.45) is 4.99 Å². The highest BCUT2D eigenvalue weighted by molar-refractivity contribution is 6.08. The van der Waals surface area contributed by atoms with Gasteiger partial charge in [-0.1, -0.05) is 88.4 Å². The summed E-state index contributed by atoms with van der Waals surface area (Å²) in [5.74, 6) is -0.914. The molecular weight excluding hydrogens is 492 g/mol. The number of para-hydroxylation sites is 2. The minimum Gasteiger partial charge on any atom is -0.478 e. The lowest BCUT2D eigenvalue weighted by Gasteiger charge is -2.20. The molecule has 3 aromatic rings. The van der Waals surface area contributed by atoms with Crippen LogP contribution in [0.15, 0.2) is 119 Å². The molecule has 2 aliphatic heterocycles. The van der Waals surface area contributed by atoms with Crippen LogP contribution in [0.2, 0.25) is 0 Å². The molecule has 0 amide bonds. The van der Waals surface area contributed by atoms with Crippen molar-refractivity contribution in [1.29, 1.82) is 0 Å². The van der Waals surface area contributed by atoms with Crippen LogP contribution in [-0.4, -0.2) is 16.8 Å². The van der Waals surface area contributed by atoms with Gasteiger partial charge in [0.15, 0.2) is 0 Å². The van der Waals surface area contributed by atoms with Crippen LogP contribution in [0.3, 0.4) is 0 Å². The first-order valence-electron chi connectivity index (χ1n) is 13.9. The van der Waals surface area contributed by atoms with Crippen molar-refractivity contribution in [2.75, 3.05) is 5.32 Å². The first kappa shape index (κ1) is 25.8. The van der Waals surface area contributed by atoms with Gasteiger partial charge in [-0.2, -0.15) is 0 Å². The first-order valence-corrected chi connectivity index (χ1v) is 13.9. The smallest absolute Gasteiger partial charge is 0.335 e. The van der Waals surface area contributed by atoms with Crippen molar-refractivity contribution in [3.63, 3.8) is 0 Å². The van der Waals surface area contributed by atoms with Gasteiger partial charge in [0.2, 0.25) is 0 Å². The van der Waals surface area contributed by atoms with E-state index in [1.807, 2.05) is 18.2 Å². The second-order valence-corrected chi connectivity index (χ2v) is 11.8. The van der Waals surface area contributed by atoms with Crippen LogP contribution in [0.5, 0.6) is 0 Å². The molecule has 2 heterocycles. The lowest BCUT2D eigenvalue weighted by Crippen LogP contribution is -2.23. The van der Waals surface area contributed by atoms with Crippen LogP contribution >= 0.6 is 0 Å². The number of fused-ring (bicyclic) bond motifs is 2. The third kappa shape index (κ3) is 4.34. The summed E-state index contributed by atoms with van der Waals surface area (Å²) in [5, 5.41) is 13.1. The molecule has 4 heteroatoms. The number of carbonyl (C=O) groups is 1. The molecule has 1 aliphatic carbocycles. The van der Waals surface area contributed by atoms with Gasteiger partial charge in [0, 0.05) is 22.2 Å². The molecule has 3 aromatic carbocycles. The van der Waals surface area contributed by atoms with Crippen molar-refractivity contribution in [3.05, 3.63) is 136 Å². The van der Waals surface area contributed by atoms with Crippen LogP contribution in [0.25, 0.3) is 5.57 Å². The molecule has 4 nitrogen and oxygen atoms in total. The highest BCUT2D eigenvalue weighted by Crippen LogP contribution is 2.45. The second-order valence-electron chi connectivity index (χ2n) is 11.8. The zero-order valence-electron chi connectivity index (χ0n) is 23.5. The van der Waals surface area contributed by atoms with E-state index in [1.165, 1.54) is 33.5 Å². The quantitative estimate of drug-likeness (QED) is 0.349. The van der Waals surface area contributed by atoms with Gasteiger partial charge in [-0.05, 0) is 82.7 Å². The number of rotatable bonds is 5. The van der Waals surface area contributed by atoms with Crippen molar-refractivity contribution >= 4 is 28.6 Å². The molecule has 3 aliphatic rings. The Bertz CT molecular complexity index is 1680. The number of nitrogens with zero attached hydrogens (tertiary/aromatic N) is 1. The minimum absolute atomic E-state index is 0.108. The highest BCUT2D eigenvalue weighted by Gasteiger charge is 2.35. The van der Waals surface area contributed by atoms with Crippen LogP contribution in [0.4, 0.5) is 11.4 Å². The first-order chi connectivity index (χ1) is 19.2. The van der Waals surface area contributed by atoms with Crippen molar-refractivity contribution in [3.8, 4) is 0 Å². The number of carboxylic acids is 1. The number of carboxylic acid groups (broad SMARTS) is 1. The molecule has 0 saturated heterocycles. The lowest BCUT2D eigenvalue weighted by molar-refractivity contribution is 0.0697. The summed E-state index contributed by atoms with van der Waals surface area (Å²) in [6, 6.07) is 24.1. The number of anilines is 1. The van der Waals surface area contributed by atoms with Gasteiger partial charge >= 0.3 is 5.97 Å². The van der Waals surface area contributed by atoms with E-state index < -0.39 is 5.97 Å². The Hall–Kier alpha value is -4.44. The Morgan fingerprint density at radius 2 is 1.52 bits per heavy atom. The molecule has 2 N–H and O–H groups in total. The van der Waals surface area contributed by atoms with Crippen molar-refractivity contribution in [2.45, 2.75) is 51.4 Å². The molecule has 0 unspecified atom stereocenters. The fourth-order valence-corrected chi connectivity index (χ4v) is 6.16. The normalized spacial score (nSPS) is 20.6. The van der Waals surface area contributed by atoms with Gasteiger partial charge in [0.25, 0.3) is 0 Å². The molecule has 0 saturated carbocycles. The van der Waals surface area contributed by atoms with E-state index in [0.717, 1.165) is 35.5 Å². The SMILES string of the molecule is CC1(C)C(/C=C/C2=C(c3ccc(C(=O)O)cc3)C(=C/C=C3/Nc4ccccc4C3(C)C)/CC2)=Nc2ccccc21. The predicted molar refractivity (Wildman–Crippen MR) is 165 cm³/mol. The van der Waals surface area contributed by atoms with Gasteiger partial charge in [-0.25, -0.2) is 4.79 Å². The molecule has 200 valence electrons. The number of aliphatic imine (C=N–C) groups is 1. The third-order valence-electron chi connectivity index (χ3n) is 8.62. The van der Waals surface area contributed by atoms with Gasteiger partial charge in [-0.3, -0.25) is 4.99 Å². The molecular formula is C36H34N2O2. The van der Waals surface area contributed by atoms with E-state index in [-0.39, 0.29) is 10.8 Å². The van der Waals surface area contributed by atoms with E-state index in [9.17, 15) is 9.90 Å². The van der Waals surface area contributed by atoms with Gasteiger partial charge in [0.1, 0.15) is 0 Å². The van der Waals surface area contributed by atoms with E-state index in [1.54, 1.807) is 12.1 Å². The Morgan fingerprint density at radius 1 is 0.825 bits per heavy atom. The van der Waals surface area contributed by atoms with Crippen molar-refractivity contribution < 1.29 is 9.90 Å². The average Bonchev–Trinajstić information content (AvgIpc) is 3.55. The Balaban J connectivity index is 1.39. The molecule has 40 heavy (non-hydrogen) atoms. The topological polar surface area (TPSA) is 61.7 Å². The number of hydrogen-bond donors (Lipinski definition) is 2. The molecule has 0 fully saturated rings. The summed E-state index contributed by atoms with van der Waals surface area (Å²) < 4.78 is 0. The average molecular weight is 527 g/mol. The summed E-state index contributed by atoms with van der Waals surface area (Å²) in [6.07, 6.45) is 10.7. The number of aromatic carboxylic acids is 1. The summed E-state index contributed by atoms with van der Waals surface area (Å²) in [5.41, 5.74) is 11.7. The molecule has 0 spiro atoms. The van der Waals surface area contributed by atoms with Crippen LogP contribution in [0.1, 0.15) is 67.6 Å². The van der Waals surface area contributed by atoms with Crippen LogP contribution in [-0.2, 0) is 10.8 Å². The lowest BCUT2D eigenvalue weighted by atomic mass is 9.81. The monoisotopic (exact) mass is 526 g/mol. The molecule has 0 aromatic heterocycles. The van der Waals surface area contributed by atoms with E-state index >= 15 is 0 Å². The molecule has 0 atom stereocenters. The molecule has 0 bridgehead atoms. The van der Waals surface area contributed by atoms with Gasteiger partial charge in [0.05, 0.1) is 17.0 Å². The Labute approximate surface area is 236 Å². The number of hydrogen-bond acceptors (Lipinski definition) is 3. The maximum Gasteiger partial charge on any atom is 0.335 e. The Kier molecular flexibility index (Phi) is 6.22. The number of benzene rings is 3. The number of allylic oxidation sites excluding steroid dienone is 8. The summed E-state index contributed by atoms with van der Waals surface area (Å²) >= 11 is 0. The van der Waals surface area contributed by atoms with E-state index in [4.69, 9.17) is 4.99 Å². The Morgan fingerprint density at radius 3 is 2.23 bits per heavy atom. The minimum atomic E-state index is -0.914. The van der Waals surface area contributed by atoms with Crippen LogP contribution < -0.4 is 5.32 Å². The summed E-state index contributed by atoms with van der Waals surface area (Å²) in [6.45, 7) is 8.95. The van der Waals surface area contributed by atoms with Gasteiger partial charge in [-0.15, -0.1) is 0 Å². The summed E-state index contributed by atoms with van der Waals surface area (Å²) in [4.78, 5) is 16.5.